The number of rotatable bonds is 8. The monoisotopic (exact) mass is 659 g/mol. The zero-order valence-corrected chi connectivity index (χ0v) is 25.3. The highest BCUT2D eigenvalue weighted by Gasteiger charge is 2.31. The van der Waals surface area contributed by atoms with Gasteiger partial charge in [0.1, 0.15) is 17.8 Å². The van der Waals surface area contributed by atoms with Crippen LogP contribution in [0.3, 0.4) is 0 Å². The van der Waals surface area contributed by atoms with E-state index in [0.717, 1.165) is 36.3 Å². The van der Waals surface area contributed by atoms with Gasteiger partial charge >= 0.3 is 12.4 Å². The Morgan fingerprint density at radius 3 is 2.51 bits per heavy atom. The zero-order chi connectivity index (χ0) is 33.2. The number of piperidine rings is 1. The maximum atomic E-state index is 13.4. The fourth-order valence-corrected chi connectivity index (χ4v) is 5.62. The molecule has 0 unspecified atom stereocenters. The molecule has 1 aromatic heterocycles. The molecule has 9 nitrogen and oxygen atoms in total. The molecule has 16 heteroatoms. The molecule has 0 spiro atoms. The molecule has 2 heterocycles. The van der Waals surface area contributed by atoms with Gasteiger partial charge in [-0.05, 0) is 50.2 Å². The van der Waals surface area contributed by atoms with Crippen LogP contribution in [0.25, 0.3) is 11.0 Å². The van der Waals surface area contributed by atoms with Crippen molar-refractivity contribution in [2.24, 2.45) is 5.92 Å². The van der Waals surface area contributed by atoms with Crippen molar-refractivity contribution in [3.05, 3.63) is 47.8 Å². The molecule has 45 heavy (non-hydrogen) atoms. The predicted molar refractivity (Wildman–Crippen MR) is 155 cm³/mol. The molecule has 244 valence electrons. The fraction of sp³-hybridized carbons (Fsp3) is 0.448. The van der Waals surface area contributed by atoms with E-state index in [9.17, 15) is 39.6 Å². The summed E-state index contributed by atoms with van der Waals surface area (Å²) in [7, 11) is -1.77. The van der Waals surface area contributed by atoms with Gasteiger partial charge in [-0.25, -0.2) is 13.4 Å². The van der Waals surface area contributed by atoms with Gasteiger partial charge in [-0.1, -0.05) is 18.8 Å². The molecule has 0 bridgehead atoms. The molecule has 2 N–H and O–H groups in total. The van der Waals surface area contributed by atoms with Crippen LogP contribution in [-0.4, -0.2) is 86.7 Å². The van der Waals surface area contributed by atoms with Crippen molar-refractivity contribution in [1.29, 1.82) is 0 Å². The van der Waals surface area contributed by atoms with Crippen LogP contribution in [0.5, 0.6) is 5.75 Å². The van der Waals surface area contributed by atoms with Gasteiger partial charge in [0.2, 0.25) is 0 Å². The number of imidazole rings is 1. The summed E-state index contributed by atoms with van der Waals surface area (Å²) in [5.41, 5.74) is 0.421. The first-order chi connectivity index (χ1) is 20.9. The number of hydrogen-bond donors (Lipinski definition) is 2. The summed E-state index contributed by atoms with van der Waals surface area (Å²) in [6, 6.07) is 6.03. The van der Waals surface area contributed by atoms with Gasteiger partial charge in [-0.15, -0.1) is 0 Å². The Balaban J connectivity index is 1.61. The maximum Gasteiger partial charge on any atom is 0.422 e. The van der Waals surface area contributed by atoms with Gasteiger partial charge in [0.25, 0.3) is 5.91 Å². The number of nitrogens with zero attached hydrogens (tertiary/aromatic N) is 3. The number of carbonyl (C=O) groups excluding carboxylic acids is 1. The highest BCUT2D eigenvalue weighted by Crippen LogP contribution is 2.30. The number of carbonyl (C=O) groups is 1. The number of benzene rings is 2. The average Bonchev–Trinajstić information content (AvgIpc) is 3.31. The smallest absolute Gasteiger partial charge is 0.422 e. The lowest BCUT2D eigenvalue weighted by molar-refractivity contribution is -0.153. The van der Waals surface area contributed by atoms with Crippen molar-refractivity contribution in [2.45, 2.75) is 43.2 Å². The van der Waals surface area contributed by atoms with E-state index < -0.39 is 41.2 Å². The van der Waals surface area contributed by atoms with Gasteiger partial charge in [-0.2, -0.15) is 26.3 Å². The summed E-state index contributed by atoms with van der Waals surface area (Å²) < 4.78 is 108. The molecular formula is C29H31F6N5O4S. The third-order valence-corrected chi connectivity index (χ3v) is 8.23. The van der Waals surface area contributed by atoms with Crippen molar-refractivity contribution in [3.63, 3.8) is 0 Å². The Kier molecular flexibility index (Phi) is 9.93. The molecule has 0 saturated carbocycles. The fourth-order valence-electron chi connectivity index (χ4n) is 4.99. The number of sulfone groups is 1. The lowest BCUT2D eigenvalue weighted by Gasteiger charge is -2.35. The number of alkyl halides is 6. The third kappa shape index (κ3) is 9.27. The topological polar surface area (TPSA) is 106 Å². The first-order valence-electron chi connectivity index (χ1n) is 13.7. The number of aromatic nitrogens is 2. The molecule has 1 fully saturated rings. The zero-order valence-electron chi connectivity index (χ0n) is 24.5. The van der Waals surface area contributed by atoms with Crippen LogP contribution >= 0.6 is 0 Å². The van der Waals surface area contributed by atoms with Crippen LogP contribution in [0.15, 0.2) is 41.6 Å². The summed E-state index contributed by atoms with van der Waals surface area (Å²) in [4.78, 5) is 19.4. The quantitative estimate of drug-likeness (QED) is 0.272. The summed E-state index contributed by atoms with van der Waals surface area (Å²) >= 11 is 0. The predicted octanol–water partition coefficient (Wildman–Crippen LogP) is 4.48. The molecule has 2 aromatic carbocycles. The summed E-state index contributed by atoms with van der Waals surface area (Å²) in [6.07, 6.45) is -6.63. The molecule has 0 radical (unpaired) electrons. The van der Waals surface area contributed by atoms with Crippen LogP contribution in [0.1, 0.15) is 29.3 Å². The van der Waals surface area contributed by atoms with Crippen molar-refractivity contribution in [1.82, 2.24) is 19.8 Å². The summed E-state index contributed by atoms with van der Waals surface area (Å²) in [6.45, 7) is 0.363. The third-order valence-electron chi connectivity index (χ3n) is 7.12. The number of halogens is 6. The van der Waals surface area contributed by atoms with Crippen LogP contribution in [-0.2, 0) is 16.4 Å². The number of anilines is 1. The van der Waals surface area contributed by atoms with Crippen molar-refractivity contribution >= 4 is 32.5 Å². The summed E-state index contributed by atoms with van der Waals surface area (Å²) in [5.74, 6) is 4.78. The lowest BCUT2D eigenvalue weighted by Crippen LogP contribution is -2.48. The Bertz CT molecular complexity index is 1730. The van der Waals surface area contributed by atoms with Gasteiger partial charge in [-0.3, -0.25) is 4.79 Å². The number of likely N-dealkylation sites (tertiary alicyclic amines) is 1. The minimum Gasteiger partial charge on any atom is -0.482 e. The van der Waals surface area contributed by atoms with E-state index in [1.54, 1.807) is 0 Å². The molecule has 2 atom stereocenters. The average molecular weight is 660 g/mol. The molecular weight excluding hydrogens is 628 g/mol. The normalized spacial score (nSPS) is 17.9. The molecule has 0 aliphatic carbocycles. The Morgan fingerprint density at radius 2 is 1.87 bits per heavy atom. The van der Waals surface area contributed by atoms with Crippen LogP contribution in [0.4, 0.5) is 32.0 Å². The van der Waals surface area contributed by atoms with E-state index in [-0.39, 0.29) is 57.0 Å². The standard InChI is InChI=1S/C29H31F6N5O4S/c1-18-14-39(2)10-8-22(18)38-27(41)21-11-19(12-24-26(21)37-17-40(24)15-28(30,31)32)5-4-9-36-23-7-6-20(45(3,42)43)13-25(23)44-16-29(33,34)35/h6-7,11-13,17-18,22,36H,8-10,14-16H2,1-3H3,(H,38,41)/t18-,22-/m0/s1. The van der Waals surface area contributed by atoms with Gasteiger partial charge in [0, 0.05) is 30.5 Å². The SMILES string of the molecule is C[C@H]1CN(C)CC[C@@H]1NC(=O)c1cc(C#CCNc2ccc(S(C)(=O)=O)cc2OCC(F)(F)F)cc2c1ncn2CC(F)(F)F. The van der Waals surface area contributed by atoms with Gasteiger partial charge < -0.3 is 24.8 Å². The van der Waals surface area contributed by atoms with Crippen molar-refractivity contribution in [2.75, 3.05) is 44.9 Å². The first kappa shape index (κ1) is 33.9. The largest absolute Gasteiger partial charge is 0.482 e. The Hall–Kier alpha value is -3.97. The van der Waals surface area contributed by atoms with Gasteiger partial charge in [0.15, 0.2) is 16.4 Å². The lowest BCUT2D eigenvalue weighted by atomic mass is 9.93. The van der Waals surface area contributed by atoms with Gasteiger partial charge in [0.05, 0.1) is 34.5 Å². The number of hydrogen-bond acceptors (Lipinski definition) is 7. The van der Waals surface area contributed by atoms with Crippen LogP contribution in [0, 0.1) is 17.8 Å². The van der Waals surface area contributed by atoms with E-state index in [1.807, 2.05) is 14.0 Å². The van der Waals surface area contributed by atoms with E-state index in [1.165, 1.54) is 24.3 Å². The second-order valence-corrected chi connectivity index (χ2v) is 13.0. The maximum absolute atomic E-state index is 13.4. The number of amides is 1. The summed E-state index contributed by atoms with van der Waals surface area (Å²) in [5, 5.41) is 5.74. The minimum absolute atomic E-state index is 0.0342. The first-order valence-corrected chi connectivity index (χ1v) is 15.6. The second-order valence-electron chi connectivity index (χ2n) is 11.0. The molecule has 3 aromatic rings. The highest BCUT2D eigenvalue weighted by molar-refractivity contribution is 7.90. The molecule has 4 rings (SSSR count). The van der Waals surface area contributed by atoms with Crippen molar-refractivity contribution in [3.8, 4) is 17.6 Å². The van der Waals surface area contributed by atoms with Crippen LogP contribution in [0.2, 0.25) is 0 Å². The van der Waals surface area contributed by atoms with Crippen LogP contribution < -0.4 is 15.4 Å². The molecule has 1 aliphatic heterocycles. The molecule has 1 aliphatic rings. The Morgan fingerprint density at radius 1 is 1.13 bits per heavy atom. The Labute approximate surface area is 255 Å². The minimum atomic E-state index is -4.68. The van der Waals surface area contributed by atoms with E-state index in [4.69, 9.17) is 4.74 Å². The number of ether oxygens (including phenoxy) is 1. The number of nitrogens with one attached hydrogen (secondary N) is 2. The van der Waals surface area contributed by atoms with Crippen molar-refractivity contribution < 1.29 is 44.3 Å². The van der Waals surface area contributed by atoms with E-state index in [0.29, 0.717) is 6.42 Å². The van der Waals surface area contributed by atoms with E-state index >= 15 is 0 Å². The highest BCUT2D eigenvalue weighted by atomic mass is 32.2. The molecule has 1 amide bonds. The molecule has 1 saturated heterocycles. The van der Waals surface area contributed by atoms with E-state index in [2.05, 4.69) is 32.4 Å². The second kappa shape index (κ2) is 13.2. The number of fused-ring (bicyclic) bond motifs is 1.